The molecule has 0 bridgehead atoms. The second-order valence-corrected chi connectivity index (χ2v) is 2.99. The number of hydrogen-bond acceptors (Lipinski definition) is 0. The van der Waals surface area contributed by atoms with Crippen molar-refractivity contribution in [3.05, 3.63) is 78.1 Å². The minimum Gasteiger partial charge on any atom is -0.343 e. The molecule has 2 fully saturated rings. The van der Waals surface area contributed by atoms with Crippen molar-refractivity contribution in [2.45, 2.75) is 19.3 Å². The van der Waals surface area contributed by atoms with Gasteiger partial charge in [-0.2, -0.15) is 12.8 Å². The van der Waals surface area contributed by atoms with Crippen LogP contribution in [0.25, 0.3) is 0 Å². The molecule has 0 atom stereocenters. The maximum atomic E-state index is 3.64. The molecule has 84 valence electrons. The van der Waals surface area contributed by atoms with Crippen LogP contribution in [0.1, 0.15) is 19.3 Å². The van der Waals surface area contributed by atoms with Gasteiger partial charge >= 0.3 is 21.7 Å². The van der Waals surface area contributed by atoms with Crippen molar-refractivity contribution in [1.82, 2.24) is 0 Å². The van der Waals surface area contributed by atoms with Gasteiger partial charge in [0.05, 0.1) is 0 Å². The van der Waals surface area contributed by atoms with Crippen molar-refractivity contribution in [2.24, 2.45) is 0 Å². The summed E-state index contributed by atoms with van der Waals surface area (Å²) in [6, 6.07) is 0. The molecule has 2 aliphatic carbocycles. The van der Waals surface area contributed by atoms with Crippen molar-refractivity contribution in [3.8, 4) is 0 Å². The van der Waals surface area contributed by atoms with Crippen LogP contribution in [0.4, 0.5) is 0 Å². The molecule has 2 aliphatic rings. The molecule has 0 nitrogen and oxygen atoms in total. The van der Waals surface area contributed by atoms with Gasteiger partial charge in [-0.15, -0.1) is 6.42 Å². The quantitative estimate of drug-likeness (QED) is 0.514. The smallest absolute Gasteiger partial charge is 0.343 e. The first-order valence-electron chi connectivity index (χ1n) is 5.33. The van der Waals surface area contributed by atoms with E-state index in [1.807, 2.05) is 64.2 Å². The van der Waals surface area contributed by atoms with E-state index >= 15 is 0 Å². The van der Waals surface area contributed by atoms with Gasteiger partial charge in [-0.3, -0.25) is 0 Å². The third-order valence-electron chi connectivity index (χ3n) is 1.61. The van der Waals surface area contributed by atoms with E-state index in [0.717, 1.165) is 12.8 Å². The van der Waals surface area contributed by atoms with E-state index in [2.05, 4.69) is 13.8 Å². The van der Waals surface area contributed by atoms with E-state index in [0.29, 0.717) is 0 Å². The maximum Gasteiger partial charge on any atom is 2.00 e. The first kappa shape index (κ1) is 19.1. The molecule has 0 unspecified atom stereocenters. The summed E-state index contributed by atoms with van der Waals surface area (Å²) in [6.45, 7) is 7.27. The molecule has 16 heavy (non-hydrogen) atoms. The van der Waals surface area contributed by atoms with Crippen LogP contribution in [0.2, 0.25) is 0 Å². The molecule has 0 aromatic carbocycles. The summed E-state index contributed by atoms with van der Waals surface area (Å²) in [5.74, 6) is 0. The molecule has 10 radical (unpaired) electrons. The average molecular weight is 248 g/mol. The van der Waals surface area contributed by atoms with Crippen LogP contribution in [0, 0.1) is 78.1 Å². The monoisotopic (exact) mass is 248 g/mol. The first-order valence-corrected chi connectivity index (χ1v) is 5.33. The molecule has 0 amide bonds. The molecule has 0 aromatic heterocycles. The van der Waals surface area contributed by atoms with Crippen LogP contribution in [0.3, 0.4) is 0 Å². The average Bonchev–Trinajstić information content (AvgIpc) is 2.99. The zero-order chi connectivity index (χ0) is 11.2. The van der Waals surface area contributed by atoms with Crippen LogP contribution in [-0.2, 0) is 21.7 Å². The van der Waals surface area contributed by atoms with E-state index in [1.54, 1.807) is 0 Å². The van der Waals surface area contributed by atoms with Gasteiger partial charge in [0.25, 0.3) is 0 Å². The first-order chi connectivity index (χ1) is 7.41. The second-order valence-electron chi connectivity index (χ2n) is 2.99. The summed E-state index contributed by atoms with van der Waals surface area (Å²) in [7, 11) is 0. The summed E-state index contributed by atoms with van der Waals surface area (Å²) in [5.41, 5.74) is 0. The third-order valence-corrected chi connectivity index (χ3v) is 1.61. The van der Waals surface area contributed by atoms with Crippen molar-refractivity contribution < 1.29 is 21.7 Å². The Kier molecular flexibility index (Phi) is 21.6. The molecule has 0 heterocycles. The van der Waals surface area contributed by atoms with Gasteiger partial charge in [0.1, 0.15) is 0 Å². The fraction of sp³-hybridized carbons (Fsp3) is 0.200. The Labute approximate surface area is 119 Å². The van der Waals surface area contributed by atoms with E-state index in [1.165, 1.54) is 6.42 Å². The maximum absolute atomic E-state index is 3.64. The van der Waals surface area contributed by atoms with Crippen molar-refractivity contribution in [3.63, 3.8) is 0 Å². The van der Waals surface area contributed by atoms with Crippen LogP contribution in [-0.4, -0.2) is 0 Å². The van der Waals surface area contributed by atoms with E-state index in [9.17, 15) is 0 Å². The Morgan fingerprint density at radius 3 is 0.750 bits per heavy atom. The molecular weight excluding hydrogens is 228 g/mol. The Hall–Kier alpha value is 0.714. The van der Waals surface area contributed by atoms with Gasteiger partial charge in [-0.25, -0.2) is 0 Å². The Morgan fingerprint density at radius 1 is 0.500 bits per heavy atom. The molecule has 2 saturated carbocycles. The molecule has 1 heteroatoms. The molecular formula is C15H20Ti. The summed E-state index contributed by atoms with van der Waals surface area (Å²) in [6.07, 6.45) is 23.2. The largest absolute Gasteiger partial charge is 2.00 e. The van der Waals surface area contributed by atoms with Crippen molar-refractivity contribution >= 4 is 0 Å². The van der Waals surface area contributed by atoms with Gasteiger partial charge in [0.2, 0.25) is 0 Å². The summed E-state index contributed by atoms with van der Waals surface area (Å²) >= 11 is 0. The van der Waals surface area contributed by atoms with Crippen LogP contribution in [0.5, 0.6) is 0 Å². The summed E-state index contributed by atoms with van der Waals surface area (Å²) in [4.78, 5) is 0. The molecule has 0 saturated heterocycles. The predicted octanol–water partition coefficient (Wildman–Crippen LogP) is 3.87. The SMILES string of the molecule is [CH2-]CCC[CH2-].[CH]1[CH][CH][CH][CH]1.[CH]1[CH][CH][CH][CH]1.[Ti+2]. The Bertz CT molecular complexity index is 66.4. The summed E-state index contributed by atoms with van der Waals surface area (Å²) in [5, 5.41) is 0. The summed E-state index contributed by atoms with van der Waals surface area (Å²) < 4.78 is 0. The number of rotatable bonds is 2. The van der Waals surface area contributed by atoms with Gasteiger partial charge in [-0.05, 0) is 64.2 Å². The zero-order valence-corrected chi connectivity index (χ0v) is 11.4. The van der Waals surface area contributed by atoms with E-state index in [4.69, 9.17) is 0 Å². The minimum atomic E-state index is 0. The normalized spacial score (nSPS) is 17.6. The predicted molar refractivity (Wildman–Crippen MR) is 67.6 cm³/mol. The number of unbranched alkanes of at least 4 members (excludes halogenated alkanes) is 2. The van der Waals surface area contributed by atoms with E-state index < -0.39 is 0 Å². The third kappa shape index (κ3) is 17.1. The Morgan fingerprint density at radius 2 is 0.688 bits per heavy atom. The standard InChI is InChI=1S/2C5H5.C5H10.Ti/c2*1-2-4-5-3-1;1-3-5-4-2;/h2*1-5H;1-5H2;/q;;-2;+2. The van der Waals surface area contributed by atoms with Gasteiger partial charge in [-0.1, -0.05) is 0 Å². The molecule has 2 rings (SSSR count). The molecule has 0 aromatic rings. The van der Waals surface area contributed by atoms with Crippen molar-refractivity contribution in [2.75, 3.05) is 0 Å². The van der Waals surface area contributed by atoms with Gasteiger partial charge in [0, 0.05) is 0 Å². The van der Waals surface area contributed by atoms with Crippen molar-refractivity contribution in [1.29, 1.82) is 0 Å². The van der Waals surface area contributed by atoms with Gasteiger partial charge < -0.3 is 13.8 Å². The van der Waals surface area contributed by atoms with Crippen LogP contribution >= 0.6 is 0 Å². The molecule has 0 aliphatic heterocycles. The van der Waals surface area contributed by atoms with Crippen LogP contribution in [0.15, 0.2) is 0 Å². The van der Waals surface area contributed by atoms with Gasteiger partial charge in [0.15, 0.2) is 0 Å². The fourth-order valence-electron chi connectivity index (χ4n) is 0.818. The second kappa shape index (κ2) is 18.1. The molecule has 0 N–H and O–H groups in total. The minimum absolute atomic E-state index is 0. The Balaban J connectivity index is 0. The number of hydrogen-bond donors (Lipinski definition) is 0. The molecule has 0 spiro atoms. The zero-order valence-electron chi connectivity index (χ0n) is 9.81. The topological polar surface area (TPSA) is 0 Å². The van der Waals surface area contributed by atoms with E-state index in [-0.39, 0.29) is 21.7 Å². The fourth-order valence-corrected chi connectivity index (χ4v) is 0.818. The van der Waals surface area contributed by atoms with Crippen LogP contribution < -0.4 is 0 Å².